The minimum Gasteiger partial charge on any atom is -0.454 e. The van der Waals surface area contributed by atoms with Gasteiger partial charge in [-0.05, 0) is 42.7 Å². The second kappa shape index (κ2) is 9.49. The Morgan fingerprint density at radius 1 is 0.879 bits per heavy atom. The van der Waals surface area contributed by atoms with Gasteiger partial charge in [0.25, 0.3) is 0 Å². The summed E-state index contributed by atoms with van der Waals surface area (Å²) in [6.45, 7) is 5.13. The van der Waals surface area contributed by atoms with Crippen LogP contribution >= 0.6 is 0 Å². The van der Waals surface area contributed by atoms with Crippen LogP contribution in [-0.2, 0) is 4.79 Å². The van der Waals surface area contributed by atoms with E-state index in [1.54, 1.807) is 0 Å². The van der Waals surface area contributed by atoms with E-state index in [0.29, 0.717) is 6.54 Å². The van der Waals surface area contributed by atoms with E-state index < -0.39 is 0 Å². The Labute approximate surface area is 195 Å². The number of hydrogen-bond acceptors (Lipinski definition) is 4. The molecule has 0 aromatic heterocycles. The van der Waals surface area contributed by atoms with Crippen molar-refractivity contribution in [2.75, 3.05) is 26.2 Å². The molecular weight excluding hydrogens is 410 g/mol. The molecule has 1 saturated heterocycles. The molecule has 3 aromatic rings. The zero-order valence-corrected chi connectivity index (χ0v) is 19.0. The van der Waals surface area contributed by atoms with E-state index in [0.717, 1.165) is 66.6 Å². The lowest BCUT2D eigenvalue weighted by molar-refractivity contribution is -0.132. The van der Waals surface area contributed by atoms with Gasteiger partial charge in [0.1, 0.15) is 17.3 Å². The highest BCUT2D eigenvalue weighted by Crippen LogP contribution is 2.38. The molecule has 168 valence electrons. The highest BCUT2D eigenvalue weighted by molar-refractivity contribution is 6.03. The summed E-state index contributed by atoms with van der Waals surface area (Å²) in [6.07, 6.45) is 1.71. The fraction of sp³-hybridized carbons (Fsp3) is 0.286. The molecule has 33 heavy (non-hydrogen) atoms. The molecule has 5 nitrogen and oxygen atoms in total. The van der Waals surface area contributed by atoms with Crippen molar-refractivity contribution in [3.8, 4) is 11.5 Å². The fourth-order valence-electron chi connectivity index (χ4n) is 4.72. The van der Waals surface area contributed by atoms with Crippen molar-refractivity contribution < 1.29 is 9.53 Å². The molecule has 0 bridgehead atoms. The van der Waals surface area contributed by atoms with Gasteiger partial charge in [-0.1, -0.05) is 61.5 Å². The Morgan fingerprint density at radius 3 is 2.42 bits per heavy atom. The normalized spacial score (nSPS) is 16.5. The van der Waals surface area contributed by atoms with Crippen LogP contribution in [0.2, 0.25) is 0 Å². The third-order valence-corrected chi connectivity index (χ3v) is 6.45. The van der Waals surface area contributed by atoms with Crippen molar-refractivity contribution in [2.45, 2.75) is 25.7 Å². The van der Waals surface area contributed by atoms with Gasteiger partial charge in [0.05, 0.1) is 11.5 Å². The van der Waals surface area contributed by atoms with Crippen LogP contribution in [0.3, 0.4) is 0 Å². The molecule has 0 aliphatic carbocycles. The molecule has 0 radical (unpaired) electrons. The number of amidine groups is 1. The van der Waals surface area contributed by atoms with E-state index in [9.17, 15) is 4.79 Å². The number of carbonyl (C=O) groups excluding carboxylic acids is 1. The van der Waals surface area contributed by atoms with E-state index in [1.165, 1.54) is 0 Å². The van der Waals surface area contributed by atoms with Crippen LogP contribution in [-0.4, -0.2) is 47.7 Å². The number of nitrogens with zero attached hydrogens (tertiary/aromatic N) is 3. The van der Waals surface area contributed by atoms with E-state index in [4.69, 9.17) is 9.73 Å². The number of hydrogen-bond donors (Lipinski definition) is 0. The first kappa shape index (κ1) is 21.3. The van der Waals surface area contributed by atoms with Gasteiger partial charge in [0.2, 0.25) is 5.91 Å². The zero-order chi connectivity index (χ0) is 22.6. The highest BCUT2D eigenvalue weighted by Gasteiger charge is 2.29. The van der Waals surface area contributed by atoms with Gasteiger partial charge in [0, 0.05) is 26.2 Å². The molecule has 5 heteroatoms. The maximum atomic E-state index is 13.4. The molecule has 2 aliphatic rings. The maximum Gasteiger partial charge on any atom is 0.230 e. The molecule has 1 fully saturated rings. The summed E-state index contributed by atoms with van der Waals surface area (Å²) in [5.41, 5.74) is 2.92. The van der Waals surface area contributed by atoms with Gasteiger partial charge in [-0.2, -0.15) is 0 Å². The Morgan fingerprint density at radius 2 is 1.61 bits per heavy atom. The van der Waals surface area contributed by atoms with E-state index in [2.05, 4.69) is 30.0 Å². The van der Waals surface area contributed by atoms with Crippen LogP contribution in [0.1, 0.15) is 36.8 Å². The number of fused-ring (bicyclic) bond motifs is 2. The van der Waals surface area contributed by atoms with Crippen LogP contribution in [0.4, 0.5) is 5.69 Å². The molecular formula is C28H29N3O2. The van der Waals surface area contributed by atoms with Gasteiger partial charge in [-0.3, -0.25) is 4.79 Å². The van der Waals surface area contributed by atoms with Crippen molar-refractivity contribution in [1.82, 2.24) is 9.80 Å². The monoisotopic (exact) mass is 439 g/mol. The summed E-state index contributed by atoms with van der Waals surface area (Å²) in [4.78, 5) is 22.8. The van der Waals surface area contributed by atoms with Crippen LogP contribution in [0, 0.1) is 0 Å². The first-order chi connectivity index (χ1) is 16.2. The van der Waals surface area contributed by atoms with Crippen LogP contribution in [0.5, 0.6) is 11.5 Å². The van der Waals surface area contributed by atoms with Crippen molar-refractivity contribution >= 4 is 17.4 Å². The molecule has 0 saturated carbocycles. The first-order valence-electron chi connectivity index (χ1n) is 11.8. The lowest BCUT2D eigenvalue weighted by Gasteiger charge is -2.27. The predicted octanol–water partition coefficient (Wildman–Crippen LogP) is 5.60. The quantitative estimate of drug-likeness (QED) is 0.534. The third kappa shape index (κ3) is 4.36. The summed E-state index contributed by atoms with van der Waals surface area (Å²) in [6, 6.07) is 26.1. The Kier molecular flexibility index (Phi) is 6.11. The van der Waals surface area contributed by atoms with Crippen LogP contribution < -0.4 is 4.74 Å². The average Bonchev–Trinajstić information content (AvgIpc) is 3.20. The molecule has 0 unspecified atom stereocenters. The lowest BCUT2D eigenvalue weighted by Crippen LogP contribution is -2.39. The summed E-state index contributed by atoms with van der Waals surface area (Å²) < 4.78 is 6.20. The molecule has 3 aromatic carbocycles. The van der Waals surface area contributed by atoms with E-state index in [-0.39, 0.29) is 11.8 Å². The number of rotatable bonds is 3. The highest BCUT2D eigenvalue weighted by atomic mass is 16.5. The predicted molar refractivity (Wildman–Crippen MR) is 131 cm³/mol. The van der Waals surface area contributed by atoms with Crippen LogP contribution in [0.15, 0.2) is 83.9 Å². The van der Waals surface area contributed by atoms with Gasteiger partial charge in [-0.15, -0.1) is 0 Å². The van der Waals surface area contributed by atoms with Crippen molar-refractivity contribution in [3.05, 3.63) is 90.0 Å². The average molecular weight is 440 g/mol. The molecule has 0 spiro atoms. The topological polar surface area (TPSA) is 45.1 Å². The number of amides is 1. The number of para-hydroxylation sites is 3. The third-order valence-electron chi connectivity index (χ3n) is 6.45. The molecule has 2 aliphatic heterocycles. The second-order valence-electron chi connectivity index (χ2n) is 8.54. The first-order valence-corrected chi connectivity index (χ1v) is 11.8. The van der Waals surface area contributed by atoms with Gasteiger partial charge in [-0.25, -0.2) is 4.99 Å². The zero-order valence-electron chi connectivity index (χ0n) is 19.0. The summed E-state index contributed by atoms with van der Waals surface area (Å²) in [5, 5.41) is 0. The second-order valence-corrected chi connectivity index (χ2v) is 8.54. The standard InChI is InChI=1S/C28H29N3O2/c1-2-22(21-11-4-3-5-12-21)28(32)31-18-10-17-30(19-20-31)27-23-13-6-8-15-25(23)33-26-16-9-7-14-24(26)29-27/h3-9,11-16,22H,2,10,17-20H2,1H3/t22-/m0/s1. The summed E-state index contributed by atoms with van der Waals surface area (Å²) in [7, 11) is 0. The van der Waals surface area contributed by atoms with Gasteiger partial charge >= 0.3 is 0 Å². The van der Waals surface area contributed by atoms with E-state index in [1.807, 2.05) is 65.6 Å². The molecule has 1 amide bonds. The summed E-state index contributed by atoms with van der Waals surface area (Å²) in [5.74, 6) is 2.63. The number of carbonyl (C=O) groups is 1. The van der Waals surface area contributed by atoms with E-state index >= 15 is 0 Å². The number of aliphatic imine (C=N–C) groups is 1. The van der Waals surface area contributed by atoms with Crippen molar-refractivity contribution in [1.29, 1.82) is 0 Å². The van der Waals surface area contributed by atoms with Crippen molar-refractivity contribution in [2.24, 2.45) is 4.99 Å². The largest absolute Gasteiger partial charge is 0.454 e. The maximum absolute atomic E-state index is 13.4. The Bertz CT molecular complexity index is 1160. The van der Waals surface area contributed by atoms with Crippen LogP contribution in [0.25, 0.3) is 0 Å². The van der Waals surface area contributed by atoms with Gasteiger partial charge < -0.3 is 14.5 Å². The summed E-state index contributed by atoms with van der Waals surface area (Å²) >= 11 is 0. The Balaban J connectivity index is 1.40. The molecule has 2 heterocycles. The van der Waals surface area contributed by atoms with Crippen molar-refractivity contribution in [3.63, 3.8) is 0 Å². The molecule has 1 atom stereocenters. The van der Waals surface area contributed by atoms with Gasteiger partial charge in [0.15, 0.2) is 5.75 Å². The SMILES string of the molecule is CC[C@H](C(=O)N1CCCN(C2=Nc3ccccc3Oc3ccccc32)CC1)c1ccccc1. The molecule has 0 N–H and O–H groups in total. The minimum absolute atomic E-state index is 0.0889. The fourth-order valence-corrected chi connectivity index (χ4v) is 4.72. The molecule has 5 rings (SSSR count). The lowest BCUT2D eigenvalue weighted by atomic mass is 9.95. The minimum atomic E-state index is -0.0889. The number of ether oxygens (including phenoxy) is 1. The Hall–Kier alpha value is -3.60. The number of benzene rings is 3. The smallest absolute Gasteiger partial charge is 0.230 e.